The molecular formula is C14H18N2O5. The van der Waals surface area contributed by atoms with Crippen LogP contribution in [-0.2, 0) is 9.53 Å². The van der Waals surface area contributed by atoms with Gasteiger partial charge in [0.25, 0.3) is 0 Å². The largest absolute Gasteiger partial charge is 0.481 e. The minimum atomic E-state index is -0.903. The van der Waals surface area contributed by atoms with Crippen LogP contribution in [0.5, 0.6) is 0 Å². The lowest BCUT2D eigenvalue weighted by Gasteiger charge is -2.08. The molecule has 0 aromatic heterocycles. The number of hydrogen-bond donors (Lipinski definition) is 3. The van der Waals surface area contributed by atoms with Crippen molar-refractivity contribution in [1.82, 2.24) is 5.32 Å². The molecule has 0 aliphatic carbocycles. The number of aliphatic carboxylic acids is 1. The molecule has 0 unspecified atom stereocenters. The van der Waals surface area contributed by atoms with E-state index in [1.54, 1.807) is 25.1 Å². The maximum atomic E-state index is 11.6. The van der Waals surface area contributed by atoms with Crippen molar-refractivity contribution in [2.24, 2.45) is 0 Å². The molecule has 2 amide bonds. The van der Waals surface area contributed by atoms with E-state index in [0.717, 1.165) is 0 Å². The first-order valence-electron chi connectivity index (χ1n) is 6.56. The molecule has 21 heavy (non-hydrogen) atoms. The Morgan fingerprint density at radius 1 is 1.29 bits per heavy atom. The van der Waals surface area contributed by atoms with Gasteiger partial charge in [-0.05, 0) is 31.5 Å². The van der Waals surface area contributed by atoms with E-state index in [-0.39, 0.29) is 19.6 Å². The number of carboxylic acids is 1. The highest BCUT2D eigenvalue weighted by Gasteiger charge is 2.08. The van der Waals surface area contributed by atoms with Crippen molar-refractivity contribution in [3.63, 3.8) is 0 Å². The molecule has 0 aliphatic rings. The van der Waals surface area contributed by atoms with E-state index in [1.165, 1.54) is 6.07 Å². The lowest BCUT2D eigenvalue weighted by molar-refractivity contribution is -0.137. The molecule has 1 aromatic carbocycles. The number of anilines is 1. The summed E-state index contributed by atoms with van der Waals surface area (Å²) in [6, 6.07) is 5.91. The molecule has 1 rings (SSSR count). The minimum absolute atomic E-state index is 0.00137. The fourth-order valence-electron chi connectivity index (χ4n) is 1.56. The standard InChI is InChI=1S/C14H18N2O5/c1-2-21-13(19)10-5-3-6-11(9-10)16-14(20)15-8-4-7-12(17)18/h3,5-6,9H,2,4,7-8H2,1H3,(H,17,18)(H2,15,16,20). The van der Waals surface area contributed by atoms with Crippen LogP contribution < -0.4 is 10.6 Å². The van der Waals surface area contributed by atoms with Crippen LogP contribution in [0.1, 0.15) is 30.1 Å². The normalized spacial score (nSPS) is 9.76. The van der Waals surface area contributed by atoms with Gasteiger partial charge in [0.05, 0.1) is 12.2 Å². The molecule has 7 heteroatoms. The van der Waals surface area contributed by atoms with Gasteiger partial charge in [0.1, 0.15) is 0 Å². The molecule has 0 spiro atoms. The average molecular weight is 294 g/mol. The van der Waals surface area contributed by atoms with Crippen molar-refractivity contribution >= 4 is 23.7 Å². The molecule has 0 atom stereocenters. The Hall–Kier alpha value is -2.57. The number of carbonyl (C=O) groups is 3. The van der Waals surface area contributed by atoms with Gasteiger partial charge >= 0.3 is 18.0 Å². The van der Waals surface area contributed by atoms with Crippen LogP contribution in [0, 0.1) is 0 Å². The Morgan fingerprint density at radius 3 is 2.71 bits per heavy atom. The van der Waals surface area contributed by atoms with Crippen LogP contribution in [0.4, 0.5) is 10.5 Å². The van der Waals surface area contributed by atoms with Crippen molar-refractivity contribution in [2.75, 3.05) is 18.5 Å². The fourth-order valence-corrected chi connectivity index (χ4v) is 1.56. The number of rotatable bonds is 7. The van der Waals surface area contributed by atoms with Gasteiger partial charge in [-0.3, -0.25) is 4.79 Å². The summed E-state index contributed by atoms with van der Waals surface area (Å²) in [4.78, 5) is 33.4. The smallest absolute Gasteiger partial charge is 0.338 e. The van der Waals surface area contributed by atoms with Gasteiger partial charge in [0.2, 0.25) is 0 Å². The van der Waals surface area contributed by atoms with E-state index >= 15 is 0 Å². The van der Waals surface area contributed by atoms with Gasteiger partial charge in [0.15, 0.2) is 0 Å². The van der Waals surface area contributed by atoms with Crippen LogP contribution in [0.25, 0.3) is 0 Å². The Morgan fingerprint density at radius 2 is 2.05 bits per heavy atom. The molecule has 0 bridgehead atoms. The number of urea groups is 1. The number of esters is 1. The summed E-state index contributed by atoms with van der Waals surface area (Å²) in [5.74, 6) is -1.36. The maximum Gasteiger partial charge on any atom is 0.338 e. The summed E-state index contributed by atoms with van der Waals surface area (Å²) < 4.78 is 4.87. The molecule has 3 N–H and O–H groups in total. The Kier molecular flexibility index (Phi) is 6.73. The molecule has 0 saturated carbocycles. The number of hydrogen-bond acceptors (Lipinski definition) is 4. The van der Waals surface area contributed by atoms with E-state index in [1.807, 2.05) is 0 Å². The second-order valence-corrected chi connectivity index (χ2v) is 4.18. The summed E-state index contributed by atoms with van der Waals surface area (Å²) in [6.45, 7) is 2.25. The highest BCUT2D eigenvalue weighted by Crippen LogP contribution is 2.11. The van der Waals surface area contributed by atoms with Gasteiger partial charge in [-0.25, -0.2) is 9.59 Å². The fraction of sp³-hybridized carbons (Fsp3) is 0.357. The van der Waals surface area contributed by atoms with Gasteiger partial charge in [-0.1, -0.05) is 6.07 Å². The van der Waals surface area contributed by atoms with Crippen LogP contribution in [0.2, 0.25) is 0 Å². The summed E-state index contributed by atoms with van der Waals surface area (Å²) in [5.41, 5.74) is 0.803. The minimum Gasteiger partial charge on any atom is -0.481 e. The Bertz CT molecular complexity index is 516. The first-order chi connectivity index (χ1) is 10.0. The van der Waals surface area contributed by atoms with Crippen molar-refractivity contribution < 1.29 is 24.2 Å². The predicted molar refractivity (Wildman–Crippen MR) is 76.3 cm³/mol. The van der Waals surface area contributed by atoms with Crippen molar-refractivity contribution in [3.05, 3.63) is 29.8 Å². The third-order valence-corrected chi connectivity index (χ3v) is 2.48. The predicted octanol–water partition coefficient (Wildman–Crippen LogP) is 1.85. The van der Waals surface area contributed by atoms with Crippen LogP contribution in [-0.4, -0.2) is 36.2 Å². The number of benzene rings is 1. The number of carbonyl (C=O) groups excluding carboxylic acids is 2. The van der Waals surface area contributed by atoms with Crippen LogP contribution in [0.15, 0.2) is 24.3 Å². The second-order valence-electron chi connectivity index (χ2n) is 4.18. The third kappa shape index (κ3) is 6.42. The lowest BCUT2D eigenvalue weighted by atomic mass is 10.2. The van der Waals surface area contributed by atoms with Gasteiger partial charge in [0, 0.05) is 18.7 Å². The average Bonchev–Trinajstić information content (AvgIpc) is 2.44. The molecule has 7 nitrogen and oxygen atoms in total. The zero-order chi connectivity index (χ0) is 15.7. The van der Waals surface area contributed by atoms with E-state index in [0.29, 0.717) is 17.7 Å². The molecule has 0 saturated heterocycles. The first-order valence-corrected chi connectivity index (χ1v) is 6.56. The molecular weight excluding hydrogens is 276 g/mol. The highest BCUT2D eigenvalue weighted by molar-refractivity contribution is 5.93. The molecule has 0 heterocycles. The Balaban J connectivity index is 2.47. The SMILES string of the molecule is CCOC(=O)c1cccc(NC(=O)NCCCC(=O)O)c1. The number of ether oxygens (including phenoxy) is 1. The van der Waals surface area contributed by atoms with E-state index in [9.17, 15) is 14.4 Å². The third-order valence-electron chi connectivity index (χ3n) is 2.48. The number of amides is 2. The van der Waals surface area contributed by atoms with Crippen LogP contribution in [0.3, 0.4) is 0 Å². The highest BCUT2D eigenvalue weighted by atomic mass is 16.5. The summed E-state index contributed by atoms with van der Waals surface area (Å²) in [6.07, 6.45) is 0.351. The summed E-state index contributed by atoms with van der Waals surface area (Å²) >= 11 is 0. The van der Waals surface area contributed by atoms with Gasteiger partial charge in [-0.2, -0.15) is 0 Å². The monoisotopic (exact) mass is 294 g/mol. The summed E-state index contributed by atoms with van der Waals surface area (Å²) in [7, 11) is 0. The first kappa shape index (κ1) is 16.5. The van der Waals surface area contributed by atoms with Gasteiger partial charge < -0.3 is 20.5 Å². The lowest BCUT2D eigenvalue weighted by Crippen LogP contribution is -2.29. The molecule has 0 aliphatic heterocycles. The Labute approximate surface area is 122 Å². The van der Waals surface area contributed by atoms with Crippen molar-refractivity contribution in [3.8, 4) is 0 Å². The van der Waals surface area contributed by atoms with Crippen molar-refractivity contribution in [1.29, 1.82) is 0 Å². The summed E-state index contributed by atoms with van der Waals surface area (Å²) in [5, 5.41) is 13.6. The van der Waals surface area contributed by atoms with E-state index in [4.69, 9.17) is 9.84 Å². The molecule has 0 radical (unpaired) electrons. The van der Waals surface area contributed by atoms with E-state index in [2.05, 4.69) is 10.6 Å². The van der Waals surface area contributed by atoms with Gasteiger partial charge in [-0.15, -0.1) is 0 Å². The zero-order valence-corrected chi connectivity index (χ0v) is 11.7. The number of carboxylic acid groups (broad SMARTS) is 1. The topological polar surface area (TPSA) is 105 Å². The maximum absolute atomic E-state index is 11.6. The molecule has 0 fully saturated rings. The number of nitrogens with one attached hydrogen (secondary N) is 2. The van der Waals surface area contributed by atoms with Crippen LogP contribution >= 0.6 is 0 Å². The zero-order valence-electron chi connectivity index (χ0n) is 11.7. The second kappa shape index (κ2) is 8.57. The molecule has 1 aromatic rings. The van der Waals surface area contributed by atoms with Crippen molar-refractivity contribution in [2.45, 2.75) is 19.8 Å². The quantitative estimate of drug-likeness (QED) is 0.526. The molecule has 114 valence electrons. The van der Waals surface area contributed by atoms with E-state index < -0.39 is 18.0 Å².